The van der Waals surface area contributed by atoms with Gasteiger partial charge in [0, 0.05) is 29.4 Å². The van der Waals surface area contributed by atoms with Crippen LogP contribution < -0.4 is 10.1 Å². The Morgan fingerprint density at radius 2 is 1.94 bits per heavy atom. The van der Waals surface area contributed by atoms with E-state index in [0.29, 0.717) is 24.7 Å². The topological polar surface area (TPSA) is 90.4 Å². The Balaban J connectivity index is 1.34. The third-order valence-electron chi connectivity index (χ3n) is 5.11. The molecule has 0 saturated carbocycles. The highest BCUT2D eigenvalue weighted by atomic mass is 16.5. The number of nitrogens with zero attached hydrogens (tertiary/aromatic N) is 2. The molecule has 0 spiro atoms. The molecule has 1 N–H and O–H groups in total. The second-order valence-corrected chi connectivity index (χ2v) is 7.35. The number of carbonyl (C=O) groups is 1. The van der Waals surface area contributed by atoms with E-state index in [1.54, 1.807) is 0 Å². The summed E-state index contributed by atoms with van der Waals surface area (Å²) in [5.41, 5.74) is 2.70. The van der Waals surface area contributed by atoms with Crippen LogP contribution in [-0.2, 0) is 11.2 Å². The van der Waals surface area contributed by atoms with Gasteiger partial charge in [-0.25, -0.2) is 0 Å². The normalized spacial score (nSPS) is 12.1. The van der Waals surface area contributed by atoms with E-state index in [2.05, 4.69) is 15.5 Å². The van der Waals surface area contributed by atoms with Crippen LogP contribution in [0.3, 0.4) is 0 Å². The number of para-hydroxylation sites is 1. The van der Waals surface area contributed by atoms with Crippen LogP contribution in [0.25, 0.3) is 22.4 Å². The number of aromatic nitrogens is 2. The predicted molar refractivity (Wildman–Crippen MR) is 117 cm³/mol. The van der Waals surface area contributed by atoms with Gasteiger partial charge in [-0.3, -0.25) is 4.79 Å². The molecule has 0 bridgehead atoms. The van der Waals surface area contributed by atoms with E-state index in [4.69, 9.17) is 13.7 Å². The lowest BCUT2D eigenvalue weighted by Crippen LogP contribution is -2.27. The van der Waals surface area contributed by atoms with E-state index in [-0.39, 0.29) is 18.4 Å². The fourth-order valence-corrected chi connectivity index (χ4v) is 3.55. The Labute approximate surface area is 180 Å². The third kappa shape index (κ3) is 4.60. The Bertz CT molecular complexity index is 1180. The van der Waals surface area contributed by atoms with Gasteiger partial charge in [-0.05, 0) is 51.1 Å². The van der Waals surface area contributed by atoms with E-state index < -0.39 is 0 Å². The van der Waals surface area contributed by atoms with Crippen molar-refractivity contribution in [2.75, 3.05) is 6.61 Å². The molecule has 1 atom stereocenters. The van der Waals surface area contributed by atoms with Gasteiger partial charge in [-0.2, -0.15) is 4.98 Å². The Hall–Kier alpha value is -3.61. The lowest BCUT2D eigenvalue weighted by atomic mass is 10.1. The molecule has 1 amide bonds. The third-order valence-corrected chi connectivity index (χ3v) is 5.11. The van der Waals surface area contributed by atoms with E-state index in [1.165, 1.54) is 0 Å². The highest BCUT2D eigenvalue weighted by Gasteiger charge is 2.19. The highest BCUT2D eigenvalue weighted by molar-refractivity contribution is 5.82. The summed E-state index contributed by atoms with van der Waals surface area (Å²) in [7, 11) is 0. The molecule has 160 valence electrons. The van der Waals surface area contributed by atoms with Crippen molar-refractivity contribution in [3.63, 3.8) is 0 Å². The van der Waals surface area contributed by atoms with Crippen LogP contribution in [0, 0.1) is 6.92 Å². The Kier molecular flexibility index (Phi) is 6.02. The second-order valence-electron chi connectivity index (χ2n) is 7.35. The maximum absolute atomic E-state index is 12.4. The fraction of sp³-hybridized carbons (Fsp3) is 0.292. The fourth-order valence-electron chi connectivity index (χ4n) is 3.55. The molecular weight excluding hydrogens is 394 g/mol. The van der Waals surface area contributed by atoms with Gasteiger partial charge in [-0.15, -0.1) is 0 Å². The maximum atomic E-state index is 12.4. The van der Waals surface area contributed by atoms with Crippen LogP contribution in [-0.4, -0.2) is 22.7 Å². The Morgan fingerprint density at radius 3 is 2.68 bits per heavy atom. The largest absolute Gasteiger partial charge is 0.494 e. The van der Waals surface area contributed by atoms with Crippen molar-refractivity contribution in [1.82, 2.24) is 15.5 Å². The molecule has 2 aromatic carbocycles. The molecule has 4 aromatic rings. The lowest BCUT2D eigenvalue weighted by molar-refractivity contribution is -0.121. The molecule has 7 nitrogen and oxygen atoms in total. The quantitative estimate of drug-likeness (QED) is 0.432. The van der Waals surface area contributed by atoms with Crippen LogP contribution in [0.4, 0.5) is 0 Å². The number of hydrogen-bond donors (Lipinski definition) is 1. The number of carbonyl (C=O) groups excluding carboxylic acids is 1. The zero-order chi connectivity index (χ0) is 21.8. The van der Waals surface area contributed by atoms with Crippen molar-refractivity contribution in [2.45, 2.75) is 39.7 Å². The summed E-state index contributed by atoms with van der Waals surface area (Å²) >= 11 is 0. The van der Waals surface area contributed by atoms with Gasteiger partial charge >= 0.3 is 0 Å². The van der Waals surface area contributed by atoms with Gasteiger partial charge < -0.3 is 19.0 Å². The van der Waals surface area contributed by atoms with Crippen molar-refractivity contribution in [3.05, 3.63) is 65.7 Å². The minimum atomic E-state index is -0.234. The molecule has 0 aliphatic rings. The van der Waals surface area contributed by atoms with Crippen molar-refractivity contribution in [2.24, 2.45) is 0 Å². The van der Waals surface area contributed by atoms with Gasteiger partial charge in [0.05, 0.1) is 12.6 Å². The minimum absolute atomic E-state index is 0.104. The molecule has 2 heterocycles. The van der Waals surface area contributed by atoms with Crippen LogP contribution in [0.2, 0.25) is 0 Å². The first-order valence-electron chi connectivity index (χ1n) is 10.4. The first-order valence-corrected chi connectivity index (χ1v) is 10.4. The molecule has 0 fully saturated rings. The molecule has 7 heteroatoms. The average Bonchev–Trinajstić information content (AvgIpc) is 3.38. The molecule has 2 aromatic heterocycles. The molecule has 0 aliphatic heterocycles. The lowest BCUT2D eigenvalue weighted by Gasteiger charge is -2.12. The number of furan rings is 1. The van der Waals surface area contributed by atoms with Crippen LogP contribution in [0.1, 0.15) is 43.5 Å². The molecule has 31 heavy (non-hydrogen) atoms. The predicted octanol–water partition coefficient (Wildman–Crippen LogP) is 5.00. The molecular formula is C24H25N3O4. The van der Waals surface area contributed by atoms with Gasteiger partial charge in [0.15, 0.2) is 0 Å². The zero-order valence-electron chi connectivity index (χ0n) is 17.8. The maximum Gasteiger partial charge on any atom is 0.227 e. The smallest absolute Gasteiger partial charge is 0.227 e. The first kappa shape index (κ1) is 20.7. The van der Waals surface area contributed by atoms with Crippen molar-refractivity contribution >= 4 is 16.9 Å². The van der Waals surface area contributed by atoms with Gasteiger partial charge in [0.1, 0.15) is 17.1 Å². The number of amides is 1. The monoisotopic (exact) mass is 419 g/mol. The summed E-state index contributed by atoms with van der Waals surface area (Å²) in [6.45, 7) is 6.47. The van der Waals surface area contributed by atoms with E-state index >= 15 is 0 Å². The van der Waals surface area contributed by atoms with E-state index in [9.17, 15) is 4.79 Å². The summed E-state index contributed by atoms with van der Waals surface area (Å²) in [5.74, 6) is 2.37. The number of nitrogens with one attached hydrogen (secondary N) is 1. The molecule has 1 unspecified atom stereocenters. The number of ether oxygens (including phenoxy) is 1. The van der Waals surface area contributed by atoms with Crippen LogP contribution in [0.5, 0.6) is 5.75 Å². The summed E-state index contributed by atoms with van der Waals surface area (Å²) < 4.78 is 16.7. The van der Waals surface area contributed by atoms with Crippen molar-refractivity contribution < 1.29 is 18.5 Å². The van der Waals surface area contributed by atoms with Gasteiger partial charge in [0.25, 0.3) is 0 Å². The molecule has 0 radical (unpaired) electrons. The average molecular weight is 419 g/mol. The Morgan fingerprint density at radius 1 is 1.16 bits per heavy atom. The van der Waals surface area contributed by atoms with E-state index in [1.807, 2.05) is 69.3 Å². The summed E-state index contributed by atoms with van der Waals surface area (Å²) in [5, 5.41) is 8.06. The summed E-state index contributed by atoms with van der Waals surface area (Å²) in [6.07, 6.45) is 0.607. The van der Waals surface area contributed by atoms with Gasteiger partial charge in [-0.1, -0.05) is 23.4 Å². The second kappa shape index (κ2) is 9.04. The molecule has 0 aliphatic carbocycles. The molecule has 4 rings (SSSR count). The summed E-state index contributed by atoms with van der Waals surface area (Å²) in [4.78, 5) is 16.8. The molecule has 0 saturated heterocycles. The van der Waals surface area contributed by atoms with E-state index in [0.717, 1.165) is 33.6 Å². The number of fused-ring (bicyclic) bond motifs is 1. The number of aryl methyl sites for hydroxylation is 2. The summed E-state index contributed by atoms with van der Waals surface area (Å²) in [6, 6.07) is 15.1. The SMILES string of the molecule is CCOc1ccc(-c2noc(CCC(=O)NC(C)c3oc4ccccc4c3C)n2)cc1. The number of hydrogen-bond acceptors (Lipinski definition) is 6. The minimum Gasteiger partial charge on any atom is -0.494 e. The first-order chi connectivity index (χ1) is 15.0. The standard InChI is InChI=1S/C24H25N3O4/c1-4-29-18-11-9-17(10-12-18)24-26-22(31-27-24)14-13-21(28)25-16(3)23-15(2)19-7-5-6-8-20(19)30-23/h5-12,16H,4,13-14H2,1-3H3,(H,25,28). The zero-order valence-corrected chi connectivity index (χ0v) is 17.8. The van der Waals surface area contributed by atoms with Crippen LogP contribution in [0.15, 0.2) is 57.5 Å². The van der Waals surface area contributed by atoms with Crippen molar-refractivity contribution in [3.8, 4) is 17.1 Å². The van der Waals surface area contributed by atoms with Crippen LogP contribution >= 0.6 is 0 Å². The van der Waals surface area contributed by atoms with Gasteiger partial charge in [0.2, 0.25) is 17.6 Å². The number of rotatable bonds is 8. The number of benzene rings is 2. The highest BCUT2D eigenvalue weighted by Crippen LogP contribution is 2.29. The van der Waals surface area contributed by atoms with Crippen molar-refractivity contribution in [1.29, 1.82) is 0 Å².